The van der Waals surface area contributed by atoms with Crippen molar-refractivity contribution in [2.75, 3.05) is 18.9 Å². The maximum Gasteiger partial charge on any atom is 0.264 e. The smallest absolute Gasteiger partial charge is 0.264 e. The number of aryl methyl sites for hydroxylation is 1. The zero-order valence-electron chi connectivity index (χ0n) is 17.9. The third-order valence-corrected chi connectivity index (χ3v) is 7.73. The van der Waals surface area contributed by atoms with Gasteiger partial charge in [-0.3, -0.25) is 9.78 Å². The van der Waals surface area contributed by atoms with Gasteiger partial charge < -0.3 is 10.2 Å². The molecule has 3 aromatic rings. The fourth-order valence-corrected chi connectivity index (χ4v) is 6.23. The van der Waals surface area contributed by atoms with Gasteiger partial charge in [-0.1, -0.05) is 19.1 Å². The molecular formula is C24H27N5OS. The lowest BCUT2D eigenvalue weighted by molar-refractivity contribution is 0.0789. The van der Waals surface area contributed by atoms with E-state index in [4.69, 9.17) is 0 Å². The molecule has 2 aliphatic carbocycles. The van der Waals surface area contributed by atoms with Crippen LogP contribution in [0.2, 0.25) is 0 Å². The molecule has 5 rings (SSSR count). The van der Waals surface area contributed by atoms with Crippen molar-refractivity contribution >= 4 is 33.3 Å². The zero-order valence-corrected chi connectivity index (χ0v) is 18.7. The first-order valence-corrected chi connectivity index (χ1v) is 11.8. The molecule has 0 saturated heterocycles. The van der Waals surface area contributed by atoms with Crippen LogP contribution >= 0.6 is 11.3 Å². The summed E-state index contributed by atoms with van der Waals surface area (Å²) in [7, 11) is 1.85. The lowest BCUT2D eigenvalue weighted by Crippen LogP contribution is -2.26. The molecule has 1 amide bonds. The van der Waals surface area contributed by atoms with Gasteiger partial charge in [-0.15, -0.1) is 11.3 Å². The lowest BCUT2D eigenvalue weighted by Gasteiger charge is -2.19. The Morgan fingerprint density at radius 2 is 2.06 bits per heavy atom. The Hall–Kier alpha value is -2.80. The molecule has 3 atom stereocenters. The van der Waals surface area contributed by atoms with E-state index in [0.717, 1.165) is 50.9 Å². The molecule has 3 heterocycles. The van der Waals surface area contributed by atoms with E-state index in [1.165, 1.54) is 24.2 Å². The summed E-state index contributed by atoms with van der Waals surface area (Å²) in [4.78, 5) is 29.8. The molecule has 3 unspecified atom stereocenters. The van der Waals surface area contributed by atoms with Crippen LogP contribution in [0, 0.1) is 17.8 Å². The van der Waals surface area contributed by atoms with Crippen LogP contribution in [-0.2, 0) is 13.0 Å². The third-order valence-electron chi connectivity index (χ3n) is 6.60. The van der Waals surface area contributed by atoms with Crippen LogP contribution in [0.4, 0.5) is 5.82 Å². The first kappa shape index (κ1) is 20.1. The zero-order chi connectivity index (χ0) is 21.4. The van der Waals surface area contributed by atoms with Crippen LogP contribution in [0.25, 0.3) is 10.2 Å². The van der Waals surface area contributed by atoms with Gasteiger partial charge in [-0.25, -0.2) is 9.97 Å². The molecule has 6 nitrogen and oxygen atoms in total. The minimum atomic E-state index is 0.0286. The number of nitrogens with one attached hydrogen (secondary N) is 1. The topological polar surface area (TPSA) is 71.0 Å². The normalized spacial score (nSPS) is 21.7. The number of carbonyl (C=O) groups excluding carboxylic acids is 1. The summed E-state index contributed by atoms with van der Waals surface area (Å²) in [6, 6.07) is 3.88. The SMILES string of the molecule is CCc1c(C(=O)N(C)Cc2ccncc2)sc2ncnc(NCC3CC4C=CC3C4)c12. The first-order valence-electron chi connectivity index (χ1n) is 11.0. The number of aromatic nitrogens is 3. The van der Waals surface area contributed by atoms with E-state index in [0.29, 0.717) is 18.4 Å². The molecule has 2 aliphatic rings. The Morgan fingerprint density at radius 1 is 1.23 bits per heavy atom. The number of nitrogens with zero attached hydrogens (tertiary/aromatic N) is 4. The summed E-state index contributed by atoms with van der Waals surface area (Å²) in [5.41, 5.74) is 2.11. The highest BCUT2D eigenvalue weighted by atomic mass is 32.1. The molecule has 0 aliphatic heterocycles. The van der Waals surface area contributed by atoms with Gasteiger partial charge in [-0.2, -0.15) is 0 Å². The van der Waals surface area contributed by atoms with Crippen LogP contribution in [0.5, 0.6) is 0 Å². The molecule has 31 heavy (non-hydrogen) atoms. The number of thiophene rings is 1. The van der Waals surface area contributed by atoms with Gasteiger partial charge >= 0.3 is 0 Å². The Morgan fingerprint density at radius 3 is 2.77 bits per heavy atom. The van der Waals surface area contributed by atoms with Crippen molar-refractivity contribution < 1.29 is 4.79 Å². The predicted molar refractivity (Wildman–Crippen MR) is 124 cm³/mol. The number of carbonyl (C=O) groups is 1. The second-order valence-electron chi connectivity index (χ2n) is 8.60. The van der Waals surface area contributed by atoms with Gasteiger partial charge in [0.1, 0.15) is 17.0 Å². The Bertz CT molecular complexity index is 1130. The van der Waals surface area contributed by atoms with E-state index in [2.05, 4.69) is 39.3 Å². The molecule has 2 bridgehead atoms. The predicted octanol–water partition coefficient (Wildman–Crippen LogP) is 4.55. The largest absolute Gasteiger partial charge is 0.369 e. The maximum absolute atomic E-state index is 13.3. The molecule has 0 spiro atoms. The number of anilines is 1. The molecule has 0 aromatic carbocycles. The van der Waals surface area contributed by atoms with E-state index >= 15 is 0 Å². The van der Waals surface area contributed by atoms with Gasteiger partial charge in [0, 0.05) is 32.5 Å². The van der Waals surface area contributed by atoms with Crippen LogP contribution in [-0.4, -0.2) is 39.4 Å². The quantitative estimate of drug-likeness (QED) is 0.554. The van der Waals surface area contributed by atoms with Crippen LogP contribution < -0.4 is 5.32 Å². The molecule has 1 fully saturated rings. The van der Waals surface area contributed by atoms with Crippen molar-refractivity contribution in [3.05, 3.63) is 59.0 Å². The third kappa shape index (κ3) is 3.82. The lowest BCUT2D eigenvalue weighted by atomic mass is 9.93. The Kier molecular flexibility index (Phi) is 5.44. The van der Waals surface area contributed by atoms with Crippen molar-refractivity contribution in [2.45, 2.75) is 32.7 Å². The molecule has 160 valence electrons. The average Bonchev–Trinajstić information content (AvgIpc) is 3.51. The minimum Gasteiger partial charge on any atom is -0.369 e. The van der Waals surface area contributed by atoms with Crippen LogP contribution in [0.15, 0.2) is 43.0 Å². The number of hydrogen-bond donors (Lipinski definition) is 1. The molecule has 3 aromatic heterocycles. The standard InChI is InChI=1S/C24H27N5OS/c1-3-19-20-22(26-12-18-11-16-4-5-17(18)10-16)27-14-28-23(20)31-21(19)24(30)29(2)13-15-6-8-25-9-7-15/h4-9,14,16-18H,3,10-13H2,1-2H3,(H,26,27,28). The van der Waals surface area contributed by atoms with Crippen molar-refractivity contribution in [1.29, 1.82) is 0 Å². The van der Waals surface area contributed by atoms with Crippen LogP contribution in [0.1, 0.15) is 40.6 Å². The molecule has 7 heteroatoms. The van der Waals surface area contributed by atoms with Gasteiger partial charge in [0.15, 0.2) is 0 Å². The van der Waals surface area contributed by atoms with Gasteiger partial charge in [0.25, 0.3) is 5.91 Å². The number of fused-ring (bicyclic) bond motifs is 3. The van der Waals surface area contributed by atoms with E-state index < -0.39 is 0 Å². The number of amides is 1. The maximum atomic E-state index is 13.3. The Balaban J connectivity index is 1.39. The summed E-state index contributed by atoms with van der Waals surface area (Å²) in [6.07, 6.45) is 13.2. The number of pyridine rings is 1. The van der Waals surface area contributed by atoms with E-state index in [-0.39, 0.29) is 5.91 Å². The van der Waals surface area contributed by atoms with Gasteiger partial charge in [0.05, 0.1) is 10.3 Å². The van der Waals surface area contributed by atoms with E-state index in [1.807, 2.05) is 19.2 Å². The monoisotopic (exact) mass is 433 g/mol. The van der Waals surface area contributed by atoms with Gasteiger partial charge in [-0.05, 0) is 60.3 Å². The molecule has 1 saturated carbocycles. The molecular weight excluding hydrogens is 406 g/mol. The Labute approximate surface area is 186 Å². The summed E-state index contributed by atoms with van der Waals surface area (Å²) in [5.74, 6) is 3.01. The van der Waals surface area contributed by atoms with Crippen molar-refractivity contribution in [3.8, 4) is 0 Å². The van der Waals surface area contributed by atoms with Gasteiger partial charge in [0.2, 0.25) is 0 Å². The van der Waals surface area contributed by atoms with E-state index in [1.54, 1.807) is 23.6 Å². The second-order valence-corrected chi connectivity index (χ2v) is 9.60. The highest BCUT2D eigenvalue weighted by Gasteiger charge is 2.35. The van der Waals surface area contributed by atoms with Crippen LogP contribution in [0.3, 0.4) is 0 Å². The highest BCUT2D eigenvalue weighted by Crippen LogP contribution is 2.43. The first-order chi connectivity index (χ1) is 15.1. The summed E-state index contributed by atoms with van der Waals surface area (Å²) in [6.45, 7) is 3.56. The fourth-order valence-electron chi connectivity index (χ4n) is 5.00. The second kappa shape index (κ2) is 8.38. The highest BCUT2D eigenvalue weighted by molar-refractivity contribution is 7.20. The van der Waals surface area contributed by atoms with Crippen molar-refractivity contribution in [3.63, 3.8) is 0 Å². The summed E-state index contributed by atoms with van der Waals surface area (Å²) >= 11 is 1.47. The number of allylic oxidation sites excluding steroid dienone is 2. The fraction of sp³-hybridized carbons (Fsp3) is 0.417. The van der Waals surface area contributed by atoms with E-state index in [9.17, 15) is 4.79 Å². The minimum absolute atomic E-state index is 0.0286. The summed E-state index contributed by atoms with van der Waals surface area (Å²) < 4.78 is 0. The average molecular weight is 434 g/mol. The number of hydrogen-bond acceptors (Lipinski definition) is 6. The van der Waals surface area contributed by atoms with Crippen molar-refractivity contribution in [1.82, 2.24) is 19.9 Å². The molecule has 1 N–H and O–H groups in total. The number of rotatable bonds is 7. The summed E-state index contributed by atoms with van der Waals surface area (Å²) in [5, 5.41) is 4.61. The van der Waals surface area contributed by atoms with Crippen molar-refractivity contribution in [2.24, 2.45) is 17.8 Å². The molecule has 0 radical (unpaired) electrons.